The maximum Gasteiger partial charge on any atom is 0.270 e. The summed E-state index contributed by atoms with van der Waals surface area (Å²) in [5.74, 6) is 0.522. The molecule has 0 spiro atoms. The summed E-state index contributed by atoms with van der Waals surface area (Å²) in [6.07, 6.45) is 3.11. The van der Waals surface area contributed by atoms with Crippen LogP contribution in [0.2, 0.25) is 0 Å². The first-order chi connectivity index (χ1) is 19.6. The topological polar surface area (TPSA) is 157 Å². The third-order valence-corrected chi connectivity index (χ3v) is 8.46. The fourth-order valence-corrected chi connectivity index (χ4v) is 5.85. The van der Waals surface area contributed by atoms with Crippen LogP contribution >= 0.6 is 0 Å². The number of nitriles is 1. The van der Waals surface area contributed by atoms with E-state index in [9.17, 15) is 21.6 Å². The lowest BCUT2D eigenvalue weighted by molar-refractivity contribution is 0.110. The summed E-state index contributed by atoms with van der Waals surface area (Å²) >= 11 is 0. The van der Waals surface area contributed by atoms with Crippen LogP contribution in [0.15, 0.2) is 82.6 Å². The van der Waals surface area contributed by atoms with Gasteiger partial charge in [-0.25, -0.2) is 21.6 Å². The Morgan fingerprint density at radius 3 is 2.37 bits per heavy atom. The summed E-state index contributed by atoms with van der Waals surface area (Å²) in [6, 6.07) is 19.5. The highest BCUT2D eigenvalue weighted by molar-refractivity contribution is 7.90. The number of aromatic nitrogens is 2. The Morgan fingerprint density at radius 1 is 0.976 bits per heavy atom. The standard InChI is InChI=1S/C28H26N4O7S2/c1-38-13-14-39-28-25(18-33)32(27(31-28)21-7-4-3-5-8-21)17-20-11-12-24(26(15-20)41(36,37)30-19-29)22-9-6-10-23(16-22)40(2,34)35/h3-12,15-16,18,30H,13-14,17H2,1-2H3. The summed E-state index contributed by atoms with van der Waals surface area (Å²) in [5.41, 5.74) is 1.82. The molecule has 11 nitrogen and oxygen atoms in total. The van der Waals surface area contributed by atoms with Gasteiger partial charge in [-0.1, -0.05) is 54.6 Å². The number of hydrogen-bond acceptors (Lipinski definition) is 9. The van der Waals surface area contributed by atoms with Gasteiger partial charge in [-0.3, -0.25) is 4.79 Å². The molecule has 3 aromatic carbocycles. The Kier molecular flexibility index (Phi) is 8.87. The van der Waals surface area contributed by atoms with Gasteiger partial charge >= 0.3 is 0 Å². The first kappa shape index (κ1) is 29.5. The number of methoxy groups -OCH3 is 1. The van der Waals surface area contributed by atoms with Gasteiger partial charge < -0.3 is 14.0 Å². The zero-order chi connectivity index (χ0) is 29.6. The van der Waals surface area contributed by atoms with E-state index in [1.165, 1.54) is 43.6 Å². The molecule has 41 heavy (non-hydrogen) atoms. The molecule has 0 fully saturated rings. The molecular weight excluding hydrogens is 568 g/mol. The third-order valence-electron chi connectivity index (χ3n) is 6.07. The van der Waals surface area contributed by atoms with Crippen molar-refractivity contribution in [2.24, 2.45) is 0 Å². The van der Waals surface area contributed by atoms with Crippen LogP contribution in [0.1, 0.15) is 16.1 Å². The van der Waals surface area contributed by atoms with E-state index in [-0.39, 0.29) is 46.7 Å². The van der Waals surface area contributed by atoms with Crippen LogP contribution < -0.4 is 9.46 Å². The monoisotopic (exact) mass is 594 g/mol. The molecular formula is C28H26N4O7S2. The number of carbonyl (C=O) groups is 1. The van der Waals surface area contributed by atoms with E-state index in [0.717, 1.165) is 6.26 Å². The van der Waals surface area contributed by atoms with Gasteiger partial charge in [-0.05, 0) is 29.3 Å². The number of hydrogen-bond donors (Lipinski definition) is 1. The molecule has 0 radical (unpaired) electrons. The Morgan fingerprint density at radius 2 is 1.71 bits per heavy atom. The number of benzene rings is 3. The Balaban J connectivity index is 1.87. The largest absolute Gasteiger partial charge is 0.474 e. The number of sulfonamides is 1. The van der Waals surface area contributed by atoms with Crippen molar-refractivity contribution >= 4 is 26.1 Å². The van der Waals surface area contributed by atoms with Crippen molar-refractivity contribution in [2.75, 3.05) is 26.6 Å². The van der Waals surface area contributed by atoms with Crippen molar-refractivity contribution in [2.45, 2.75) is 16.3 Å². The van der Waals surface area contributed by atoms with Crippen LogP contribution in [0.3, 0.4) is 0 Å². The predicted octanol–water partition coefficient (Wildman–Crippen LogP) is 3.27. The van der Waals surface area contributed by atoms with Gasteiger partial charge in [0, 0.05) is 31.0 Å². The number of ether oxygens (including phenoxy) is 2. The minimum Gasteiger partial charge on any atom is -0.474 e. The van der Waals surface area contributed by atoms with Crippen molar-refractivity contribution < 1.29 is 31.1 Å². The van der Waals surface area contributed by atoms with Gasteiger partial charge in [0.1, 0.15) is 18.1 Å². The van der Waals surface area contributed by atoms with Crippen molar-refractivity contribution in [3.05, 3.63) is 84.1 Å². The Hall–Kier alpha value is -4.51. The minimum absolute atomic E-state index is 0.0122. The van der Waals surface area contributed by atoms with Gasteiger partial charge in [0.15, 0.2) is 22.3 Å². The van der Waals surface area contributed by atoms with E-state index >= 15 is 0 Å². The molecule has 212 valence electrons. The van der Waals surface area contributed by atoms with Crippen molar-refractivity contribution in [1.82, 2.24) is 14.3 Å². The lowest BCUT2D eigenvalue weighted by Gasteiger charge is -2.15. The molecule has 13 heteroatoms. The highest BCUT2D eigenvalue weighted by Gasteiger charge is 2.23. The molecule has 4 aromatic rings. The van der Waals surface area contributed by atoms with Crippen molar-refractivity contribution in [3.63, 3.8) is 0 Å². The van der Waals surface area contributed by atoms with Crippen LogP contribution in [-0.4, -0.2) is 59.3 Å². The molecule has 1 aromatic heterocycles. The first-order valence-corrected chi connectivity index (χ1v) is 15.5. The van der Waals surface area contributed by atoms with Crippen LogP contribution in [0.25, 0.3) is 22.5 Å². The van der Waals surface area contributed by atoms with Gasteiger partial charge in [-0.2, -0.15) is 10.2 Å². The average molecular weight is 595 g/mol. The van der Waals surface area contributed by atoms with Gasteiger partial charge in [0.2, 0.25) is 5.88 Å². The number of sulfone groups is 1. The third kappa shape index (κ3) is 6.63. The van der Waals surface area contributed by atoms with E-state index in [2.05, 4.69) is 4.98 Å². The highest BCUT2D eigenvalue weighted by Crippen LogP contribution is 2.32. The van der Waals surface area contributed by atoms with E-state index in [0.29, 0.717) is 28.8 Å². The predicted molar refractivity (Wildman–Crippen MR) is 150 cm³/mol. The van der Waals surface area contributed by atoms with E-state index in [4.69, 9.17) is 14.7 Å². The summed E-state index contributed by atoms with van der Waals surface area (Å²) in [7, 11) is -6.38. The van der Waals surface area contributed by atoms with Gasteiger partial charge in [0.25, 0.3) is 10.0 Å². The molecule has 1 heterocycles. The summed E-state index contributed by atoms with van der Waals surface area (Å²) < 4.78 is 64.6. The maximum absolute atomic E-state index is 13.1. The molecule has 0 saturated carbocycles. The summed E-state index contributed by atoms with van der Waals surface area (Å²) in [4.78, 5) is 16.5. The lowest BCUT2D eigenvalue weighted by atomic mass is 10.0. The van der Waals surface area contributed by atoms with Crippen LogP contribution in [0, 0.1) is 11.5 Å². The smallest absolute Gasteiger partial charge is 0.270 e. The highest BCUT2D eigenvalue weighted by atomic mass is 32.2. The maximum atomic E-state index is 13.1. The Bertz CT molecular complexity index is 1830. The summed E-state index contributed by atoms with van der Waals surface area (Å²) in [6.45, 7) is 0.463. The number of carbonyl (C=O) groups excluding carboxylic acids is 1. The SMILES string of the molecule is COCCOc1nc(-c2ccccc2)n(Cc2ccc(-c3cccc(S(C)(=O)=O)c3)c(S(=O)(=O)NC#N)c2)c1C=O. The zero-order valence-electron chi connectivity index (χ0n) is 22.1. The van der Waals surface area contributed by atoms with Crippen molar-refractivity contribution in [3.8, 4) is 34.6 Å². The van der Waals surface area contributed by atoms with E-state index in [1.807, 2.05) is 35.1 Å². The molecule has 0 amide bonds. The molecule has 0 saturated heterocycles. The average Bonchev–Trinajstić information content (AvgIpc) is 3.30. The van der Waals surface area contributed by atoms with Crippen LogP contribution in [-0.2, 0) is 31.1 Å². The second-order valence-electron chi connectivity index (χ2n) is 8.88. The normalized spacial score (nSPS) is 11.5. The fourth-order valence-electron chi connectivity index (χ4n) is 4.17. The molecule has 0 bridgehead atoms. The number of nitrogens with one attached hydrogen (secondary N) is 1. The number of aldehydes is 1. The van der Waals surface area contributed by atoms with Crippen LogP contribution in [0.4, 0.5) is 0 Å². The molecule has 0 aliphatic rings. The zero-order valence-corrected chi connectivity index (χ0v) is 23.8. The Labute approximate surface area is 238 Å². The molecule has 0 unspecified atom stereocenters. The molecule has 0 aliphatic heterocycles. The number of rotatable bonds is 12. The van der Waals surface area contributed by atoms with Crippen molar-refractivity contribution in [1.29, 1.82) is 5.26 Å². The number of nitrogens with zero attached hydrogens (tertiary/aromatic N) is 3. The minimum atomic E-state index is -4.33. The van der Waals surface area contributed by atoms with E-state index in [1.54, 1.807) is 16.7 Å². The molecule has 0 atom stereocenters. The molecule has 1 N–H and O–H groups in total. The fraction of sp³-hybridized carbons (Fsp3) is 0.179. The van der Waals surface area contributed by atoms with E-state index < -0.39 is 19.9 Å². The van der Waals surface area contributed by atoms with Crippen LogP contribution in [0.5, 0.6) is 5.88 Å². The molecule has 0 aliphatic carbocycles. The lowest BCUT2D eigenvalue weighted by Crippen LogP contribution is -2.19. The summed E-state index contributed by atoms with van der Waals surface area (Å²) in [5, 5.41) is 9.11. The first-order valence-electron chi connectivity index (χ1n) is 12.2. The second kappa shape index (κ2) is 12.3. The quantitative estimate of drug-likeness (QED) is 0.112. The molecule has 4 rings (SSSR count). The van der Waals surface area contributed by atoms with Gasteiger partial charge in [-0.15, -0.1) is 0 Å². The number of imidazole rings is 1. The second-order valence-corrected chi connectivity index (χ2v) is 12.6. The van der Waals surface area contributed by atoms with Gasteiger partial charge in [0.05, 0.1) is 16.4 Å².